The van der Waals surface area contributed by atoms with E-state index in [1.165, 1.54) is 0 Å². The molecule has 122 valence electrons. The van der Waals surface area contributed by atoms with Crippen molar-refractivity contribution in [2.24, 2.45) is 5.92 Å². The molecule has 1 aromatic rings. The molecular formula is C15H24N4O2S. The quantitative estimate of drug-likeness (QED) is 0.777. The number of nitrogens with zero attached hydrogens (tertiary/aromatic N) is 3. The third-order valence-corrected chi connectivity index (χ3v) is 4.58. The van der Waals surface area contributed by atoms with Crippen molar-refractivity contribution in [3.63, 3.8) is 0 Å². The van der Waals surface area contributed by atoms with Crippen molar-refractivity contribution >= 4 is 23.6 Å². The Kier molecular flexibility index (Phi) is 6.92. The Morgan fingerprint density at radius 2 is 2.14 bits per heavy atom. The second-order valence-corrected chi connectivity index (χ2v) is 6.47. The number of hydrogen-bond acceptors (Lipinski definition) is 6. The molecule has 0 spiro atoms. The van der Waals surface area contributed by atoms with E-state index in [2.05, 4.69) is 20.2 Å². The lowest BCUT2D eigenvalue weighted by Crippen LogP contribution is -2.45. The summed E-state index contributed by atoms with van der Waals surface area (Å²) in [7, 11) is 0. The molecule has 22 heavy (non-hydrogen) atoms. The van der Waals surface area contributed by atoms with Crippen molar-refractivity contribution in [2.75, 3.05) is 36.6 Å². The lowest BCUT2D eigenvalue weighted by atomic mass is 9.95. The van der Waals surface area contributed by atoms with E-state index in [-0.39, 0.29) is 24.5 Å². The van der Waals surface area contributed by atoms with Gasteiger partial charge in [0, 0.05) is 31.4 Å². The molecule has 6 nitrogen and oxygen atoms in total. The Bertz CT molecular complexity index is 452. The van der Waals surface area contributed by atoms with Crippen LogP contribution in [-0.2, 0) is 4.79 Å². The molecule has 1 aliphatic heterocycles. The van der Waals surface area contributed by atoms with E-state index in [9.17, 15) is 9.90 Å². The summed E-state index contributed by atoms with van der Waals surface area (Å²) in [4.78, 5) is 22.9. The standard InChI is InChI=1S/C15H24N4O2S/c1-22-10-5-13(11-20)18-14(21)12-3-8-19(9-4-12)15-16-6-2-7-17-15/h2,6-7,12-13,20H,3-5,8-11H2,1H3,(H,18,21). The highest BCUT2D eigenvalue weighted by Gasteiger charge is 2.27. The van der Waals surface area contributed by atoms with Gasteiger partial charge < -0.3 is 15.3 Å². The molecule has 2 heterocycles. The minimum absolute atomic E-state index is 0.00298. The molecule has 0 bridgehead atoms. The molecule has 2 N–H and O–H groups in total. The van der Waals surface area contributed by atoms with Gasteiger partial charge >= 0.3 is 0 Å². The number of aromatic nitrogens is 2. The zero-order chi connectivity index (χ0) is 15.8. The Balaban J connectivity index is 1.79. The Hall–Kier alpha value is -1.34. The predicted octanol–water partition coefficient (Wildman–Crippen LogP) is 0.923. The number of aliphatic hydroxyl groups is 1. The number of amides is 1. The van der Waals surface area contributed by atoms with Crippen molar-refractivity contribution in [2.45, 2.75) is 25.3 Å². The van der Waals surface area contributed by atoms with Crippen molar-refractivity contribution in [3.05, 3.63) is 18.5 Å². The minimum atomic E-state index is -0.129. The van der Waals surface area contributed by atoms with Crippen LogP contribution in [-0.4, -0.2) is 58.7 Å². The molecule has 1 amide bonds. The third kappa shape index (κ3) is 4.84. The van der Waals surface area contributed by atoms with Crippen LogP contribution >= 0.6 is 11.8 Å². The van der Waals surface area contributed by atoms with Gasteiger partial charge in [-0.3, -0.25) is 4.79 Å². The maximum Gasteiger partial charge on any atom is 0.225 e. The molecule has 1 saturated heterocycles. The van der Waals surface area contributed by atoms with Crippen LogP contribution in [0.5, 0.6) is 0 Å². The van der Waals surface area contributed by atoms with Crippen LogP contribution in [0.1, 0.15) is 19.3 Å². The second-order valence-electron chi connectivity index (χ2n) is 5.48. The van der Waals surface area contributed by atoms with E-state index in [1.807, 2.05) is 6.26 Å². The molecule has 2 rings (SSSR count). The molecule has 1 atom stereocenters. The van der Waals surface area contributed by atoms with Crippen molar-refractivity contribution in [1.82, 2.24) is 15.3 Å². The van der Waals surface area contributed by atoms with E-state index >= 15 is 0 Å². The summed E-state index contributed by atoms with van der Waals surface area (Å²) in [6.45, 7) is 1.58. The Morgan fingerprint density at radius 3 is 2.73 bits per heavy atom. The van der Waals surface area contributed by atoms with Gasteiger partial charge in [-0.2, -0.15) is 11.8 Å². The monoisotopic (exact) mass is 324 g/mol. The number of piperidine rings is 1. The van der Waals surface area contributed by atoms with Crippen molar-refractivity contribution in [1.29, 1.82) is 0 Å². The molecule has 0 aromatic carbocycles. The van der Waals surface area contributed by atoms with Gasteiger partial charge in [0.2, 0.25) is 11.9 Å². The van der Waals surface area contributed by atoms with Gasteiger partial charge in [0.05, 0.1) is 12.6 Å². The van der Waals surface area contributed by atoms with Crippen LogP contribution in [0.3, 0.4) is 0 Å². The molecule has 0 aliphatic carbocycles. The average Bonchev–Trinajstić information content (AvgIpc) is 2.59. The number of rotatable bonds is 7. The Labute approximate surface area is 135 Å². The van der Waals surface area contributed by atoms with Crippen LogP contribution in [0, 0.1) is 5.92 Å². The zero-order valence-electron chi connectivity index (χ0n) is 12.9. The second kappa shape index (κ2) is 8.95. The van der Waals surface area contributed by atoms with Crippen LogP contribution in [0.25, 0.3) is 0 Å². The van der Waals surface area contributed by atoms with Crippen molar-refractivity contribution in [3.8, 4) is 0 Å². The fourth-order valence-corrected chi connectivity index (χ4v) is 3.10. The van der Waals surface area contributed by atoms with E-state index in [1.54, 1.807) is 30.2 Å². The van der Waals surface area contributed by atoms with Gasteiger partial charge in [0.15, 0.2) is 0 Å². The molecule has 1 unspecified atom stereocenters. The third-order valence-electron chi connectivity index (χ3n) is 3.94. The normalized spacial score (nSPS) is 17.3. The predicted molar refractivity (Wildman–Crippen MR) is 89.0 cm³/mol. The molecular weight excluding hydrogens is 300 g/mol. The topological polar surface area (TPSA) is 78.4 Å². The Morgan fingerprint density at radius 1 is 1.45 bits per heavy atom. The number of aliphatic hydroxyl groups excluding tert-OH is 1. The van der Waals surface area contributed by atoms with Gasteiger partial charge in [-0.1, -0.05) is 0 Å². The molecule has 1 aromatic heterocycles. The van der Waals surface area contributed by atoms with E-state index < -0.39 is 0 Å². The van der Waals surface area contributed by atoms with Crippen LogP contribution in [0.2, 0.25) is 0 Å². The SMILES string of the molecule is CSCCC(CO)NC(=O)C1CCN(c2ncccn2)CC1. The van der Waals surface area contributed by atoms with Gasteiger partial charge in [-0.25, -0.2) is 9.97 Å². The van der Waals surface area contributed by atoms with Gasteiger partial charge in [-0.05, 0) is 37.3 Å². The number of carbonyl (C=O) groups excluding carboxylic acids is 1. The number of hydrogen-bond donors (Lipinski definition) is 2. The first-order chi connectivity index (χ1) is 10.7. The van der Waals surface area contributed by atoms with Crippen LogP contribution in [0.4, 0.5) is 5.95 Å². The lowest BCUT2D eigenvalue weighted by Gasteiger charge is -2.32. The van der Waals surface area contributed by atoms with Crippen LogP contribution < -0.4 is 10.2 Å². The summed E-state index contributed by atoms with van der Waals surface area (Å²) in [6.07, 6.45) is 7.89. The fourth-order valence-electron chi connectivity index (χ4n) is 2.58. The minimum Gasteiger partial charge on any atom is -0.394 e. The molecule has 1 fully saturated rings. The zero-order valence-corrected chi connectivity index (χ0v) is 13.8. The summed E-state index contributed by atoms with van der Waals surface area (Å²) < 4.78 is 0. The largest absolute Gasteiger partial charge is 0.394 e. The summed E-state index contributed by atoms with van der Waals surface area (Å²) in [6, 6.07) is 1.67. The highest BCUT2D eigenvalue weighted by atomic mass is 32.2. The van der Waals surface area contributed by atoms with E-state index in [4.69, 9.17) is 0 Å². The number of nitrogens with one attached hydrogen (secondary N) is 1. The van der Waals surface area contributed by atoms with E-state index in [0.717, 1.165) is 44.1 Å². The van der Waals surface area contributed by atoms with Crippen LogP contribution in [0.15, 0.2) is 18.5 Å². The summed E-state index contributed by atoms with van der Waals surface area (Å²) in [5.41, 5.74) is 0. The van der Waals surface area contributed by atoms with Gasteiger partial charge in [0.1, 0.15) is 0 Å². The highest BCUT2D eigenvalue weighted by molar-refractivity contribution is 7.98. The maximum absolute atomic E-state index is 12.3. The number of carbonyl (C=O) groups is 1. The molecule has 0 radical (unpaired) electrons. The smallest absolute Gasteiger partial charge is 0.225 e. The summed E-state index contributed by atoms with van der Waals surface area (Å²) in [5.74, 6) is 1.75. The van der Waals surface area contributed by atoms with E-state index in [0.29, 0.717) is 0 Å². The number of thioether (sulfide) groups is 1. The number of anilines is 1. The maximum atomic E-state index is 12.3. The van der Waals surface area contributed by atoms with Gasteiger partial charge in [-0.15, -0.1) is 0 Å². The first-order valence-corrected chi connectivity index (χ1v) is 9.06. The first kappa shape index (κ1) is 17.0. The molecule has 1 aliphatic rings. The average molecular weight is 324 g/mol. The summed E-state index contributed by atoms with van der Waals surface area (Å²) in [5, 5.41) is 12.3. The first-order valence-electron chi connectivity index (χ1n) is 7.66. The van der Waals surface area contributed by atoms with Crippen molar-refractivity contribution < 1.29 is 9.90 Å². The van der Waals surface area contributed by atoms with Gasteiger partial charge in [0.25, 0.3) is 0 Å². The lowest BCUT2D eigenvalue weighted by molar-refractivity contribution is -0.126. The highest BCUT2D eigenvalue weighted by Crippen LogP contribution is 2.20. The molecule has 0 saturated carbocycles. The summed E-state index contributed by atoms with van der Waals surface area (Å²) >= 11 is 1.72. The molecule has 7 heteroatoms. The fraction of sp³-hybridized carbons (Fsp3) is 0.667.